The third-order valence-electron chi connectivity index (χ3n) is 3.99. The van der Waals surface area contributed by atoms with Crippen molar-refractivity contribution in [2.24, 2.45) is 4.99 Å². The molecule has 0 amide bonds. The van der Waals surface area contributed by atoms with Crippen LogP contribution in [-0.4, -0.2) is 79.3 Å². The van der Waals surface area contributed by atoms with E-state index in [9.17, 15) is 13.2 Å². The first-order valence-corrected chi connectivity index (χ1v) is 9.62. The molecule has 0 radical (unpaired) electrons. The molecular weight excluding hydrogens is 452 g/mol. The predicted molar refractivity (Wildman–Crippen MR) is 108 cm³/mol. The number of piperazine rings is 1. The molecule has 1 rings (SSSR count). The summed E-state index contributed by atoms with van der Waals surface area (Å²) < 4.78 is 38.4. The second kappa shape index (κ2) is 12.5. The molecule has 0 aromatic carbocycles. The Morgan fingerprint density at radius 2 is 1.83 bits per heavy atom. The van der Waals surface area contributed by atoms with Crippen molar-refractivity contribution in [1.29, 1.82) is 0 Å². The number of alkyl halides is 3. The van der Waals surface area contributed by atoms with Crippen molar-refractivity contribution < 1.29 is 13.2 Å². The zero-order valence-corrected chi connectivity index (χ0v) is 17.9. The van der Waals surface area contributed by atoms with Crippen LogP contribution in [0.3, 0.4) is 0 Å². The van der Waals surface area contributed by atoms with Gasteiger partial charge >= 0.3 is 6.18 Å². The van der Waals surface area contributed by atoms with Gasteiger partial charge < -0.3 is 10.2 Å². The maximum Gasteiger partial charge on any atom is 0.403 e. The monoisotopic (exact) mass is 482 g/mol. The number of thioether (sulfide) groups is 1. The molecular formula is C15H30F3IN4S. The molecule has 144 valence electrons. The molecule has 0 aromatic heterocycles. The Hall–Kier alpha value is 0.1000. The third-order valence-corrected chi connectivity index (χ3v) is 4.69. The lowest BCUT2D eigenvalue weighted by Crippen LogP contribution is -2.56. The molecule has 9 heteroatoms. The lowest BCUT2D eigenvalue weighted by Gasteiger charge is -2.39. The Kier molecular flexibility index (Phi) is 12.5. The molecule has 1 heterocycles. The molecule has 0 saturated carbocycles. The van der Waals surface area contributed by atoms with E-state index < -0.39 is 12.2 Å². The highest BCUT2D eigenvalue weighted by Gasteiger charge is 2.41. The van der Waals surface area contributed by atoms with E-state index in [2.05, 4.69) is 21.5 Å². The smallest absolute Gasteiger partial charge is 0.357 e. The van der Waals surface area contributed by atoms with E-state index in [-0.39, 0.29) is 24.0 Å². The minimum Gasteiger partial charge on any atom is -0.357 e. The molecule has 4 nitrogen and oxygen atoms in total. The largest absolute Gasteiger partial charge is 0.403 e. The summed E-state index contributed by atoms with van der Waals surface area (Å²) in [5, 5.41) is 3.25. The zero-order chi connectivity index (χ0) is 17.3. The summed E-state index contributed by atoms with van der Waals surface area (Å²) >= 11 is 1.83. The quantitative estimate of drug-likeness (QED) is 0.261. The highest BCUT2D eigenvalue weighted by atomic mass is 127. The van der Waals surface area contributed by atoms with Gasteiger partial charge in [-0.05, 0) is 38.7 Å². The standard InChI is InChI=1S/C15H29F3N4S.HI/c1-4-19-14(20-7-5-6-12-23-3)22-10-8-21(9-11-22)13(2)15(16,17)18;/h13H,4-12H2,1-3H3,(H,19,20);1H. The Morgan fingerprint density at radius 3 is 2.33 bits per heavy atom. The lowest BCUT2D eigenvalue weighted by atomic mass is 10.2. The second-order valence-electron chi connectivity index (χ2n) is 5.68. The van der Waals surface area contributed by atoms with Gasteiger partial charge in [0.15, 0.2) is 5.96 Å². The van der Waals surface area contributed by atoms with Crippen molar-refractivity contribution in [3.63, 3.8) is 0 Å². The van der Waals surface area contributed by atoms with Gasteiger partial charge in [-0.1, -0.05) is 0 Å². The molecule has 24 heavy (non-hydrogen) atoms. The Bertz CT molecular complexity index is 361. The number of nitrogens with one attached hydrogen (secondary N) is 1. The van der Waals surface area contributed by atoms with E-state index in [0.717, 1.165) is 37.6 Å². The fourth-order valence-electron chi connectivity index (χ4n) is 2.50. The van der Waals surface area contributed by atoms with Crippen molar-refractivity contribution in [2.45, 2.75) is 38.9 Å². The van der Waals surface area contributed by atoms with Gasteiger partial charge in [0.2, 0.25) is 0 Å². The van der Waals surface area contributed by atoms with Crippen LogP contribution in [0, 0.1) is 0 Å². The van der Waals surface area contributed by atoms with Gasteiger partial charge in [0.05, 0.1) is 0 Å². The van der Waals surface area contributed by atoms with Crippen molar-refractivity contribution >= 4 is 41.7 Å². The maximum absolute atomic E-state index is 12.8. The van der Waals surface area contributed by atoms with Crippen LogP contribution in [0.5, 0.6) is 0 Å². The van der Waals surface area contributed by atoms with Crippen LogP contribution in [0.25, 0.3) is 0 Å². The number of rotatable bonds is 7. The van der Waals surface area contributed by atoms with Gasteiger partial charge in [0, 0.05) is 39.3 Å². The molecule has 1 saturated heterocycles. The molecule has 1 aliphatic heterocycles. The first-order chi connectivity index (χ1) is 10.9. The third kappa shape index (κ3) is 8.46. The Balaban J connectivity index is 0.00000529. The average Bonchev–Trinajstić information content (AvgIpc) is 2.52. The number of guanidine groups is 1. The molecule has 1 N–H and O–H groups in total. The molecule has 1 unspecified atom stereocenters. The highest BCUT2D eigenvalue weighted by Crippen LogP contribution is 2.25. The van der Waals surface area contributed by atoms with E-state index in [1.807, 2.05) is 18.7 Å². The normalized spacial score (nSPS) is 18.2. The number of hydrogen-bond donors (Lipinski definition) is 1. The number of aliphatic imine (C=N–C) groups is 1. The van der Waals surface area contributed by atoms with Gasteiger partial charge in [-0.3, -0.25) is 9.89 Å². The van der Waals surface area contributed by atoms with Gasteiger partial charge in [0.1, 0.15) is 6.04 Å². The fourth-order valence-corrected chi connectivity index (χ4v) is 2.99. The Labute approximate surface area is 165 Å². The summed E-state index contributed by atoms with van der Waals surface area (Å²) in [5.74, 6) is 1.97. The second-order valence-corrected chi connectivity index (χ2v) is 6.66. The van der Waals surface area contributed by atoms with Gasteiger partial charge in [0.25, 0.3) is 0 Å². The van der Waals surface area contributed by atoms with Gasteiger partial charge in [-0.2, -0.15) is 24.9 Å². The van der Waals surface area contributed by atoms with Crippen molar-refractivity contribution in [3.05, 3.63) is 0 Å². The summed E-state index contributed by atoms with van der Waals surface area (Å²) in [7, 11) is 0. The van der Waals surface area contributed by atoms with E-state index >= 15 is 0 Å². The molecule has 0 aliphatic carbocycles. The Morgan fingerprint density at radius 1 is 1.21 bits per heavy atom. The molecule has 1 fully saturated rings. The summed E-state index contributed by atoms with van der Waals surface area (Å²) in [6.07, 6.45) is 0.120. The summed E-state index contributed by atoms with van der Waals surface area (Å²) in [5.41, 5.74) is 0. The topological polar surface area (TPSA) is 30.9 Å². The van der Waals surface area contributed by atoms with Crippen LogP contribution in [0.1, 0.15) is 26.7 Å². The van der Waals surface area contributed by atoms with E-state index in [0.29, 0.717) is 26.2 Å². The minimum atomic E-state index is -4.15. The number of unbranched alkanes of at least 4 members (excludes halogenated alkanes) is 1. The maximum atomic E-state index is 12.8. The molecule has 1 aliphatic rings. The fraction of sp³-hybridized carbons (Fsp3) is 0.933. The average molecular weight is 482 g/mol. The van der Waals surface area contributed by atoms with Crippen LogP contribution < -0.4 is 5.32 Å². The van der Waals surface area contributed by atoms with Crippen LogP contribution in [0.15, 0.2) is 4.99 Å². The lowest BCUT2D eigenvalue weighted by molar-refractivity contribution is -0.181. The molecule has 0 bridgehead atoms. The van der Waals surface area contributed by atoms with Crippen LogP contribution in [0.2, 0.25) is 0 Å². The summed E-state index contributed by atoms with van der Waals surface area (Å²) in [4.78, 5) is 8.17. The van der Waals surface area contributed by atoms with Crippen LogP contribution in [-0.2, 0) is 0 Å². The van der Waals surface area contributed by atoms with E-state index in [1.54, 1.807) is 0 Å². The SMILES string of the molecule is CCNC(=NCCCCSC)N1CCN(C(C)C(F)(F)F)CC1.I. The summed E-state index contributed by atoms with van der Waals surface area (Å²) in [6, 6.07) is -1.38. The van der Waals surface area contributed by atoms with Crippen LogP contribution in [0.4, 0.5) is 13.2 Å². The first kappa shape index (κ1) is 24.1. The summed E-state index contributed by atoms with van der Waals surface area (Å²) in [6.45, 7) is 6.76. The van der Waals surface area contributed by atoms with Gasteiger partial charge in [-0.15, -0.1) is 24.0 Å². The van der Waals surface area contributed by atoms with E-state index in [4.69, 9.17) is 0 Å². The van der Waals surface area contributed by atoms with Crippen molar-refractivity contribution in [3.8, 4) is 0 Å². The zero-order valence-electron chi connectivity index (χ0n) is 14.7. The molecule has 0 spiro atoms. The first-order valence-electron chi connectivity index (χ1n) is 8.23. The van der Waals surface area contributed by atoms with Gasteiger partial charge in [-0.25, -0.2) is 0 Å². The number of nitrogens with zero attached hydrogens (tertiary/aromatic N) is 3. The molecule has 0 aromatic rings. The van der Waals surface area contributed by atoms with Crippen molar-refractivity contribution in [2.75, 3.05) is 51.3 Å². The number of halogens is 4. The van der Waals surface area contributed by atoms with Crippen LogP contribution >= 0.6 is 35.7 Å². The predicted octanol–water partition coefficient (Wildman–Crippen LogP) is 3.28. The highest BCUT2D eigenvalue weighted by molar-refractivity contribution is 14.0. The van der Waals surface area contributed by atoms with E-state index in [1.165, 1.54) is 11.8 Å². The molecule has 1 atom stereocenters. The minimum absolute atomic E-state index is 0. The number of hydrogen-bond acceptors (Lipinski definition) is 3. The van der Waals surface area contributed by atoms with Crippen molar-refractivity contribution in [1.82, 2.24) is 15.1 Å².